The predicted molar refractivity (Wildman–Crippen MR) is 250 cm³/mol. The first-order chi connectivity index (χ1) is 29.7. The molecule has 8 aromatic rings. The van der Waals surface area contributed by atoms with Crippen molar-refractivity contribution >= 4 is 38.9 Å². The predicted octanol–water partition coefficient (Wildman–Crippen LogP) is 15.6. The van der Waals surface area contributed by atoms with Crippen LogP contribution in [0.4, 0.5) is 17.1 Å². The Morgan fingerprint density at radius 2 is 1.20 bits per heavy atom. The second kappa shape index (κ2) is 13.1. The van der Waals surface area contributed by atoms with Crippen molar-refractivity contribution in [2.45, 2.75) is 82.0 Å². The molecular weight excluding hydrogens is 725 g/mol. The van der Waals surface area contributed by atoms with Crippen LogP contribution < -0.4 is 4.90 Å². The van der Waals surface area contributed by atoms with Crippen molar-refractivity contribution in [3.63, 3.8) is 0 Å². The number of benzene rings is 7. The minimum atomic E-state index is 0.0544. The molecule has 0 amide bonds. The molecule has 294 valence electrons. The van der Waals surface area contributed by atoms with Crippen LogP contribution in [0.1, 0.15) is 93.4 Å². The van der Waals surface area contributed by atoms with Gasteiger partial charge in [0.1, 0.15) is 0 Å². The molecule has 5 aliphatic rings. The average Bonchev–Trinajstić information content (AvgIpc) is 4.07. The smallest absolute Gasteiger partial charge is 0.0543 e. The van der Waals surface area contributed by atoms with Crippen LogP contribution in [0.5, 0.6) is 0 Å². The van der Waals surface area contributed by atoms with Gasteiger partial charge in [-0.25, -0.2) is 0 Å². The largest absolute Gasteiger partial charge is 0.310 e. The molecule has 2 bridgehead atoms. The van der Waals surface area contributed by atoms with E-state index >= 15 is 0 Å². The molecule has 0 saturated heterocycles. The van der Waals surface area contributed by atoms with Gasteiger partial charge in [0.25, 0.3) is 0 Å². The molecule has 4 atom stereocenters. The molecule has 0 N–H and O–H groups in total. The number of hydrogen-bond donors (Lipinski definition) is 0. The van der Waals surface area contributed by atoms with Crippen molar-refractivity contribution < 1.29 is 0 Å². The molecule has 1 aromatic heterocycles. The second-order valence-electron chi connectivity index (χ2n) is 19.0. The molecule has 13 rings (SSSR count). The summed E-state index contributed by atoms with van der Waals surface area (Å²) in [5.74, 6) is 2.20. The molecule has 1 heterocycles. The average molecular weight is 777 g/mol. The summed E-state index contributed by atoms with van der Waals surface area (Å²) in [5, 5.41) is 2.59. The number of anilines is 3. The molecule has 4 unspecified atom stereocenters. The summed E-state index contributed by atoms with van der Waals surface area (Å²) >= 11 is 0. The molecule has 2 heteroatoms. The van der Waals surface area contributed by atoms with E-state index in [9.17, 15) is 0 Å². The zero-order valence-corrected chi connectivity index (χ0v) is 34.7. The quantitative estimate of drug-likeness (QED) is 0.169. The lowest BCUT2D eigenvalue weighted by Crippen LogP contribution is -2.48. The van der Waals surface area contributed by atoms with E-state index < -0.39 is 0 Å². The summed E-state index contributed by atoms with van der Waals surface area (Å²) in [6.07, 6.45) is 13.1. The zero-order chi connectivity index (χ0) is 39.6. The van der Waals surface area contributed by atoms with E-state index in [0.717, 1.165) is 5.92 Å². The number of hydrogen-bond acceptors (Lipinski definition) is 1. The van der Waals surface area contributed by atoms with Gasteiger partial charge in [-0.1, -0.05) is 142 Å². The molecule has 2 nitrogen and oxygen atoms in total. The maximum atomic E-state index is 2.68. The molecule has 5 aliphatic carbocycles. The Morgan fingerprint density at radius 1 is 0.550 bits per heavy atom. The fourth-order valence-electron chi connectivity index (χ4n) is 14.2. The second-order valence-corrected chi connectivity index (χ2v) is 19.0. The molecule has 7 aromatic carbocycles. The molecule has 3 fully saturated rings. The Bertz CT molecular complexity index is 2940. The third-order valence-corrected chi connectivity index (χ3v) is 16.5. The van der Waals surface area contributed by atoms with E-state index in [1.165, 1.54) is 142 Å². The maximum Gasteiger partial charge on any atom is 0.0543 e. The van der Waals surface area contributed by atoms with Gasteiger partial charge in [-0.15, -0.1) is 0 Å². The van der Waals surface area contributed by atoms with Gasteiger partial charge in [0.15, 0.2) is 0 Å². The summed E-state index contributed by atoms with van der Waals surface area (Å²) in [5.41, 5.74) is 19.7. The van der Waals surface area contributed by atoms with Crippen LogP contribution in [0.15, 0.2) is 158 Å². The van der Waals surface area contributed by atoms with E-state index in [2.05, 4.69) is 174 Å². The zero-order valence-electron chi connectivity index (χ0n) is 34.7. The van der Waals surface area contributed by atoms with Crippen molar-refractivity contribution in [1.29, 1.82) is 0 Å². The molecule has 3 saturated carbocycles. The Morgan fingerprint density at radius 3 is 1.97 bits per heavy atom. The molecule has 60 heavy (non-hydrogen) atoms. The van der Waals surface area contributed by atoms with Crippen molar-refractivity contribution in [2.24, 2.45) is 17.8 Å². The maximum absolute atomic E-state index is 2.68. The summed E-state index contributed by atoms with van der Waals surface area (Å²) in [4.78, 5) is 2.64. The first-order valence-corrected chi connectivity index (χ1v) is 23.1. The number of fused-ring (bicyclic) bond motifs is 16. The topological polar surface area (TPSA) is 8.17 Å². The Kier molecular flexibility index (Phi) is 7.61. The van der Waals surface area contributed by atoms with Crippen LogP contribution in [0.2, 0.25) is 0 Å². The van der Waals surface area contributed by atoms with Crippen molar-refractivity contribution in [2.75, 3.05) is 4.90 Å². The fraction of sp³-hybridized carbons (Fsp3) is 0.276. The van der Waals surface area contributed by atoms with Crippen LogP contribution in [-0.2, 0) is 10.8 Å². The lowest BCUT2D eigenvalue weighted by atomic mass is 9.50. The molecule has 0 radical (unpaired) electrons. The van der Waals surface area contributed by atoms with Crippen LogP contribution in [0, 0.1) is 17.8 Å². The van der Waals surface area contributed by atoms with E-state index in [1.807, 2.05) is 0 Å². The van der Waals surface area contributed by atoms with E-state index in [4.69, 9.17) is 0 Å². The van der Waals surface area contributed by atoms with Gasteiger partial charge in [-0.2, -0.15) is 0 Å². The highest BCUT2D eigenvalue weighted by Gasteiger charge is 2.56. The lowest BCUT2D eigenvalue weighted by molar-refractivity contribution is 0.0557. The molecule has 0 aliphatic heterocycles. The normalized spacial score (nSPS) is 22.9. The number of para-hydroxylation sites is 2. The SMILES string of the molecule is CCC1CC2CCCC(C2)C12c1ccccc1-c1ccc(N(c3ccc(-n4c5ccccc5c5ccccc54)cc3)c3cccc4c3-c3ccccc3C43CCCC3)cc12. The Balaban J connectivity index is 1.05. The highest BCUT2D eigenvalue weighted by atomic mass is 15.1. The van der Waals surface area contributed by atoms with Gasteiger partial charge >= 0.3 is 0 Å². The van der Waals surface area contributed by atoms with Crippen LogP contribution in [-0.4, -0.2) is 4.57 Å². The van der Waals surface area contributed by atoms with Gasteiger partial charge in [-0.05, 0) is 143 Å². The summed E-state index contributed by atoms with van der Waals surface area (Å²) in [6.45, 7) is 2.48. The number of rotatable bonds is 5. The van der Waals surface area contributed by atoms with Gasteiger partial charge in [0, 0.05) is 44.2 Å². The minimum Gasteiger partial charge on any atom is -0.310 e. The number of aromatic nitrogens is 1. The fourth-order valence-corrected chi connectivity index (χ4v) is 14.2. The summed E-state index contributed by atoms with van der Waals surface area (Å²) < 4.78 is 2.45. The first-order valence-electron chi connectivity index (χ1n) is 23.1. The summed E-state index contributed by atoms with van der Waals surface area (Å²) in [7, 11) is 0. The van der Waals surface area contributed by atoms with Crippen molar-refractivity contribution in [3.8, 4) is 27.9 Å². The molecule has 2 spiro atoms. The Labute approximate surface area is 354 Å². The first kappa shape index (κ1) is 34.9. The Hall–Kier alpha value is -5.86. The van der Waals surface area contributed by atoms with Crippen LogP contribution >= 0.6 is 0 Å². The van der Waals surface area contributed by atoms with Crippen molar-refractivity contribution in [3.05, 3.63) is 180 Å². The van der Waals surface area contributed by atoms with Crippen LogP contribution in [0.25, 0.3) is 49.7 Å². The van der Waals surface area contributed by atoms with E-state index in [0.29, 0.717) is 11.8 Å². The van der Waals surface area contributed by atoms with Gasteiger partial charge in [0.2, 0.25) is 0 Å². The van der Waals surface area contributed by atoms with Gasteiger partial charge in [-0.3, -0.25) is 0 Å². The van der Waals surface area contributed by atoms with Crippen LogP contribution in [0.3, 0.4) is 0 Å². The van der Waals surface area contributed by atoms with Crippen molar-refractivity contribution in [1.82, 2.24) is 4.57 Å². The molecular formula is C58H52N2. The van der Waals surface area contributed by atoms with Gasteiger partial charge in [0.05, 0.1) is 16.7 Å². The third-order valence-electron chi connectivity index (χ3n) is 16.5. The summed E-state index contributed by atoms with van der Waals surface area (Å²) in [6, 6.07) is 61.0. The highest BCUT2D eigenvalue weighted by molar-refractivity contribution is 6.09. The number of nitrogens with zero attached hydrogens (tertiary/aromatic N) is 2. The third kappa shape index (κ3) is 4.60. The standard InChI is InChI=1S/C58H52N2/c1-2-39-35-38-15-13-16-40(36-38)58(39)50-22-8-3-17-44(50)45-32-31-43(37-52(45)58)59(55-26-14-23-51-56(55)48-20-4-7-21-49(48)57(51)33-11-12-34-57)41-27-29-42(30-28-41)60-53-24-9-5-18-46(53)47-19-6-10-25-54(47)60/h3-10,14,17-32,37-40H,2,11-13,15-16,33-36H2,1H3. The lowest BCUT2D eigenvalue weighted by Gasteiger charge is -2.54. The van der Waals surface area contributed by atoms with Gasteiger partial charge < -0.3 is 9.47 Å². The highest BCUT2D eigenvalue weighted by Crippen LogP contribution is 2.66. The monoisotopic (exact) mass is 776 g/mol. The minimum absolute atomic E-state index is 0.0544. The van der Waals surface area contributed by atoms with E-state index in [1.54, 1.807) is 11.1 Å². The van der Waals surface area contributed by atoms with E-state index in [-0.39, 0.29) is 10.8 Å².